The Morgan fingerprint density at radius 1 is 1.53 bits per heavy atom. The summed E-state index contributed by atoms with van der Waals surface area (Å²) in [7, 11) is 1.33. The van der Waals surface area contributed by atoms with Crippen molar-refractivity contribution in [2.45, 2.75) is 11.4 Å². The number of nitrogens with zero attached hydrogens (tertiary/aromatic N) is 1. The average Bonchev–Trinajstić information content (AvgIpc) is 2.15. The van der Waals surface area contributed by atoms with Gasteiger partial charge in [0.25, 0.3) is 9.05 Å². The molecule has 15 heavy (non-hydrogen) atoms. The van der Waals surface area contributed by atoms with Crippen LogP contribution in [0.15, 0.2) is 21.5 Å². The van der Waals surface area contributed by atoms with Crippen molar-refractivity contribution < 1.29 is 8.42 Å². The Morgan fingerprint density at radius 3 is 2.53 bits per heavy atom. The molecule has 0 fully saturated rings. The van der Waals surface area contributed by atoms with Crippen LogP contribution in [0.2, 0.25) is 0 Å². The molecule has 0 aliphatic heterocycles. The van der Waals surface area contributed by atoms with E-state index in [0.29, 0.717) is 10.0 Å². The highest BCUT2D eigenvalue weighted by Crippen LogP contribution is 2.28. The number of nitrogens with two attached hydrogens (primary N) is 1. The van der Waals surface area contributed by atoms with Gasteiger partial charge in [0.15, 0.2) is 0 Å². The predicted octanol–water partition coefficient (Wildman–Crippen LogP) is 1.71. The lowest BCUT2D eigenvalue weighted by Gasteiger charge is -2.05. The molecule has 4 nitrogen and oxygen atoms in total. The molecular weight excluding hydrogens is 304 g/mol. The van der Waals surface area contributed by atoms with Gasteiger partial charge in [-0.15, -0.1) is 0 Å². The second-order valence-electron chi connectivity index (χ2n) is 2.69. The fourth-order valence-electron chi connectivity index (χ4n) is 1.05. The Hall–Kier alpha value is -0.610. The van der Waals surface area contributed by atoms with Gasteiger partial charge in [-0.2, -0.15) is 5.26 Å². The van der Waals surface area contributed by atoms with Crippen LogP contribution in [0, 0.1) is 11.3 Å². The maximum absolute atomic E-state index is 11.1. The Labute approximate surface area is 100 Å². The van der Waals surface area contributed by atoms with Gasteiger partial charge in [0.05, 0.1) is 16.5 Å². The van der Waals surface area contributed by atoms with E-state index < -0.39 is 9.05 Å². The third-order valence-corrected chi connectivity index (χ3v) is 4.04. The van der Waals surface area contributed by atoms with Crippen molar-refractivity contribution in [1.29, 1.82) is 5.26 Å². The van der Waals surface area contributed by atoms with Gasteiger partial charge in [0, 0.05) is 21.7 Å². The molecule has 0 saturated heterocycles. The molecule has 0 aromatic heterocycles. The Balaban J connectivity index is 3.55. The number of rotatable bonds is 2. The van der Waals surface area contributed by atoms with Crippen molar-refractivity contribution in [3.63, 3.8) is 0 Å². The minimum atomic E-state index is -3.86. The van der Waals surface area contributed by atoms with Crippen LogP contribution in [-0.2, 0) is 15.6 Å². The molecule has 0 heterocycles. The lowest BCUT2D eigenvalue weighted by molar-refractivity contribution is 0.609. The van der Waals surface area contributed by atoms with E-state index >= 15 is 0 Å². The summed E-state index contributed by atoms with van der Waals surface area (Å²) in [5, 5.41) is 8.77. The second-order valence-corrected chi connectivity index (χ2v) is 6.08. The summed E-state index contributed by atoms with van der Waals surface area (Å²) in [5.41, 5.74) is 6.17. The van der Waals surface area contributed by atoms with Gasteiger partial charge in [-0.1, -0.05) is 0 Å². The fourth-order valence-corrected chi connectivity index (χ4v) is 3.30. The monoisotopic (exact) mass is 308 g/mol. The molecule has 1 rings (SSSR count). The molecule has 0 spiro atoms. The van der Waals surface area contributed by atoms with Gasteiger partial charge in [0.1, 0.15) is 0 Å². The summed E-state index contributed by atoms with van der Waals surface area (Å²) < 4.78 is 22.5. The summed E-state index contributed by atoms with van der Waals surface area (Å²) >= 11 is 3.06. The van der Waals surface area contributed by atoms with E-state index in [1.54, 1.807) is 0 Å². The van der Waals surface area contributed by atoms with Crippen LogP contribution in [0.25, 0.3) is 0 Å². The Kier molecular flexibility index (Phi) is 3.73. The topological polar surface area (TPSA) is 84.0 Å². The molecule has 0 atom stereocenters. The molecule has 1 aromatic carbocycles. The number of hydrogen-bond donors (Lipinski definition) is 1. The van der Waals surface area contributed by atoms with Crippen LogP contribution in [0.1, 0.15) is 11.1 Å². The van der Waals surface area contributed by atoms with Crippen molar-refractivity contribution in [1.82, 2.24) is 0 Å². The van der Waals surface area contributed by atoms with Crippen molar-refractivity contribution >= 4 is 35.7 Å². The third kappa shape index (κ3) is 2.69. The zero-order valence-corrected chi connectivity index (χ0v) is 10.5. The predicted molar refractivity (Wildman–Crippen MR) is 59.8 cm³/mol. The maximum atomic E-state index is 11.1. The van der Waals surface area contributed by atoms with Crippen LogP contribution >= 0.6 is 26.6 Å². The molecule has 2 N–H and O–H groups in total. The molecule has 0 aliphatic carbocycles. The van der Waals surface area contributed by atoms with Gasteiger partial charge in [0.2, 0.25) is 0 Å². The highest BCUT2D eigenvalue weighted by atomic mass is 79.9. The van der Waals surface area contributed by atoms with Crippen molar-refractivity contribution in [2.24, 2.45) is 5.73 Å². The Morgan fingerprint density at radius 2 is 2.13 bits per heavy atom. The van der Waals surface area contributed by atoms with Gasteiger partial charge >= 0.3 is 0 Å². The molecule has 0 amide bonds. The largest absolute Gasteiger partial charge is 0.326 e. The highest BCUT2D eigenvalue weighted by Gasteiger charge is 2.17. The minimum Gasteiger partial charge on any atom is -0.326 e. The maximum Gasteiger partial charge on any atom is 0.262 e. The van der Waals surface area contributed by atoms with Crippen LogP contribution in [0.4, 0.5) is 0 Å². The standard InChI is InChI=1S/C8H6BrClN2O2S/c9-7-1-5(3-11)6(4-12)2-8(7)15(10,13)14/h1-2H,3,11H2. The molecule has 0 radical (unpaired) electrons. The normalized spacial score (nSPS) is 11.1. The van der Waals surface area contributed by atoms with E-state index in [-0.39, 0.29) is 17.0 Å². The zero-order valence-electron chi connectivity index (χ0n) is 7.37. The van der Waals surface area contributed by atoms with E-state index in [0.717, 1.165) is 0 Å². The summed E-state index contributed by atoms with van der Waals surface area (Å²) in [4.78, 5) is -0.127. The summed E-state index contributed by atoms with van der Waals surface area (Å²) in [6.45, 7) is 0.157. The molecule has 1 aromatic rings. The molecule has 0 saturated carbocycles. The van der Waals surface area contributed by atoms with Gasteiger partial charge in [-0.3, -0.25) is 0 Å². The van der Waals surface area contributed by atoms with Gasteiger partial charge in [-0.05, 0) is 33.6 Å². The minimum absolute atomic E-state index is 0.127. The molecule has 7 heteroatoms. The third-order valence-electron chi connectivity index (χ3n) is 1.76. The summed E-state index contributed by atoms with van der Waals surface area (Å²) in [5.74, 6) is 0. The first-order valence-corrected chi connectivity index (χ1v) is 6.87. The van der Waals surface area contributed by atoms with E-state index in [1.807, 2.05) is 6.07 Å². The number of hydrogen-bond acceptors (Lipinski definition) is 4. The fraction of sp³-hybridized carbons (Fsp3) is 0.125. The highest BCUT2D eigenvalue weighted by molar-refractivity contribution is 9.10. The summed E-state index contributed by atoms with van der Waals surface area (Å²) in [6, 6.07) is 4.55. The van der Waals surface area contributed by atoms with Crippen LogP contribution < -0.4 is 5.73 Å². The lowest BCUT2D eigenvalue weighted by Crippen LogP contribution is -2.02. The first kappa shape index (κ1) is 12.5. The smallest absolute Gasteiger partial charge is 0.262 e. The average molecular weight is 310 g/mol. The van der Waals surface area contributed by atoms with Crippen molar-refractivity contribution in [3.8, 4) is 6.07 Å². The number of nitriles is 1. The molecule has 0 bridgehead atoms. The molecule has 0 aliphatic rings. The van der Waals surface area contributed by atoms with Crippen molar-refractivity contribution in [2.75, 3.05) is 0 Å². The van der Waals surface area contributed by atoms with Crippen LogP contribution in [0.3, 0.4) is 0 Å². The quantitative estimate of drug-likeness (QED) is 0.843. The van der Waals surface area contributed by atoms with Gasteiger partial charge < -0.3 is 5.73 Å². The van der Waals surface area contributed by atoms with E-state index in [1.165, 1.54) is 12.1 Å². The van der Waals surface area contributed by atoms with E-state index in [9.17, 15) is 8.42 Å². The number of benzene rings is 1. The number of halogens is 2. The first-order valence-electron chi connectivity index (χ1n) is 3.77. The SMILES string of the molecule is N#Cc1cc(S(=O)(=O)Cl)c(Br)cc1CN. The van der Waals surface area contributed by atoms with E-state index in [2.05, 4.69) is 15.9 Å². The molecule has 0 unspecified atom stereocenters. The van der Waals surface area contributed by atoms with Crippen molar-refractivity contribution in [3.05, 3.63) is 27.7 Å². The Bertz CT molecular complexity index is 536. The van der Waals surface area contributed by atoms with Crippen LogP contribution in [-0.4, -0.2) is 8.42 Å². The molecule has 80 valence electrons. The lowest BCUT2D eigenvalue weighted by atomic mass is 10.1. The van der Waals surface area contributed by atoms with Gasteiger partial charge in [-0.25, -0.2) is 8.42 Å². The first-order chi connectivity index (χ1) is 6.90. The molecular formula is C8H6BrClN2O2S. The zero-order chi connectivity index (χ0) is 11.6. The second kappa shape index (κ2) is 4.49. The van der Waals surface area contributed by atoms with E-state index in [4.69, 9.17) is 21.7 Å². The van der Waals surface area contributed by atoms with Crippen LogP contribution in [0.5, 0.6) is 0 Å². The summed E-state index contributed by atoms with van der Waals surface area (Å²) in [6.07, 6.45) is 0.